The van der Waals surface area contributed by atoms with Gasteiger partial charge < -0.3 is 48.3 Å². The van der Waals surface area contributed by atoms with Crippen LogP contribution in [0.3, 0.4) is 0 Å². The van der Waals surface area contributed by atoms with Crippen LogP contribution in [0.5, 0.6) is 0 Å². The van der Waals surface area contributed by atoms with E-state index in [0.29, 0.717) is 70.0 Å². The summed E-state index contributed by atoms with van der Waals surface area (Å²) in [6.07, 6.45) is 5.10. The van der Waals surface area contributed by atoms with Gasteiger partial charge in [0.1, 0.15) is 17.7 Å². The van der Waals surface area contributed by atoms with Gasteiger partial charge >= 0.3 is 12.0 Å². The Morgan fingerprint density at radius 2 is 1.83 bits per heavy atom. The number of cyclic esters (lactones) is 1. The smallest absolute Gasteiger partial charge is 0.324 e. The number of methoxy groups -OCH3 is 1. The highest BCUT2D eigenvalue weighted by Crippen LogP contribution is 2.43. The molecule has 76 heavy (non-hydrogen) atoms. The number of morpholine rings is 1. The fourth-order valence-electron chi connectivity index (χ4n) is 11.6. The van der Waals surface area contributed by atoms with Crippen molar-refractivity contribution in [3.8, 4) is 22.5 Å². The summed E-state index contributed by atoms with van der Waals surface area (Å²) in [5, 5.41) is 5.22. The Morgan fingerprint density at radius 3 is 2.55 bits per heavy atom. The zero-order valence-corrected chi connectivity index (χ0v) is 47.6. The number of pyridine rings is 1. The van der Waals surface area contributed by atoms with Crippen molar-refractivity contribution in [2.24, 2.45) is 11.3 Å². The Labute approximate surface area is 452 Å². The van der Waals surface area contributed by atoms with Crippen LogP contribution in [0.15, 0.2) is 48.5 Å². The number of carbonyl (C=O) groups is 5. The highest BCUT2D eigenvalue weighted by molar-refractivity contribution is 7.10. The zero-order valence-electron chi connectivity index (χ0n) is 45.8. The summed E-state index contributed by atoms with van der Waals surface area (Å²) in [6.45, 7) is 22.5. The van der Waals surface area contributed by atoms with Gasteiger partial charge in [0.15, 0.2) is 0 Å². The molecule has 4 fully saturated rings. The Morgan fingerprint density at radius 1 is 1.07 bits per heavy atom. The maximum atomic E-state index is 14.9. The number of nitrogens with zero attached hydrogens (tertiary/aromatic N) is 9. The lowest BCUT2D eigenvalue weighted by molar-refractivity contribution is -0.151. The molecule has 1 radical (unpaired) electrons. The number of piperazine rings is 1. The monoisotopic (exact) mass is 1080 g/mol. The van der Waals surface area contributed by atoms with Gasteiger partial charge in [-0.1, -0.05) is 40.3 Å². The molecule has 0 saturated carbocycles. The number of anilines is 1. The van der Waals surface area contributed by atoms with Crippen molar-refractivity contribution >= 4 is 66.2 Å². The number of hydrazine groups is 1. The summed E-state index contributed by atoms with van der Waals surface area (Å²) < 4.78 is 20.8. The maximum Gasteiger partial charge on any atom is 0.324 e. The zero-order chi connectivity index (χ0) is 54.2. The van der Waals surface area contributed by atoms with Crippen molar-refractivity contribution in [1.29, 1.82) is 0 Å². The van der Waals surface area contributed by atoms with Crippen LogP contribution in [0.2, 0.25) is 0 Å². The minimum atomic E-state index is -2.53. The molecule has 6 bridgehead atoms. The average Bonchev–Trinajstić information content (AvgIpc) is 4.17. The number of aryl methyl sites for hydroxylation is 1. The first-order chi connectivity index (χ1) is 36.3. The van der Waals surface area contributed by atoms with Crippen molar-refractivity contribution < 1.29 is 38.2 Å². The first-order valence-corrected chi connectivity index (χ1v) is 29.5. The molecule has 4 atom stereocenters. The number of esters is 1. The van der Waals surface area contributed by atoms with Crippen molar-refractivity contribution in [3.63, 3.8) is 0 Å². The van der Waals surface area contributed by atoms with Crippen LogP contribution in [0.25, 0.3) is 33.4 Å². The van der Waals surface area contributed by atoms with Crippen molar-refractivity contribution in [2.75, 3.05) is 98.2 Å². The molecule has 0 unspecified atom stereocenters. The lowest BCUT2D eigenvalue weighted by Gasteiger charge is -2.40. The summed E-state index contributed by atoms with van der Waals surface area (Å²) in [6, 6.07) is 6.85. The molecular weight excluding hydrogens is 1000 g/mol. The van der Waals surface area contributed by atoms with Crippen LogP contribution < -0.4 is 15.3 Å². The standard InChI is InChI=1S/C55H76N11O8SSi/c1-11-46(67)63-24-25-74-55(32-63)17-19-64(33-55)52(70)61(9)48(35(3)4)50(68)59-76-31-45-57-43(30-75-45)37-15-16-44-39(26-37)41(28-54(6,7)34-73-51(69)42-14-13-18-66(58-42)53(76)71)49(65(44)12-2)40-27-38(29-56-47(40)36(5)72-10)62-22-20-60(8)21-23-62/h11,15-16,26-27,29-30,35-36,42,48,58H,1,12-14,17-25,28,31-34H2,2-10H3,(H,59,68)/t36-,42-,48-,55-/m0/s1. The number of carbonyl (C=O) groups excluding carboxylic acids is 5. The molecule has 5 amide bonds. The summed E-state index contributed by atoms with van der Waals surface area (Å²) in [5.74, 6) is -1.40. The second-order valence-corrected chi connectivity index (χ2v) is 25.3. The van der Waals surface area contributed by atoms with E-state index in [1.807, 2.05) is 32.3 Å². The van der Waals surface area contributed by atoms with E-state index in [2.05, 4.69) is 83.4 Å². The van der Waals surface area contributed by atoms with Crippen LogP contribution in [-0.2, 0) is 47.6 Å². The van der Waals surface area contributed by atoms with Crippen LogP contribution in [-0.4, -0.2) is 188 Å². The number of hydrogen-bond donors (Lipinski definition) is 2. The lowest BCUT2D eigenvalue weighted by Crippen LogP contribution is -2.64. The third-order valence-electron chi connectivity index (χ3n) is 15.9. The van der Waals surface area contributed by atoms with Gasteiger partial charge in [-0.25, -0.2) is 15.2 Å². The van der Waals surface area contributed by atoms with Gasteiger partial charge in [-0.15, -0.1) is 11.3 Å². The number of thiazole rings is 1. The number of nitrogens with one attached hydrogen (secondary N) is 2. The number of fused-ring (bicyclic) bond motifs is 6. The molecule has 2 N–H and O–H groups in total. The first kappa shape index (κ1) is 55.1. The number of amides is 5. The Hall–Kier alpha value is -5.71. The Balaban J connectivity index is 1.06. The van der Waals surface area contributed by atoms with E-state index in [9.17, 15) is 24.0 Å². The highest BCUT2D eigenvalue weighted by Gasteiger charge is 2.47. The number of likely N-dealkylation sites (N-methyl/N-ethyl adjacent to an activating group) is 2. The second-order valence-electron chi connectivity index (χ2n) is 22.3. The SMILES string of the molecule is C=CC(=O)N1CCO[C@@]2(CCN(C(=O)N(C)[C@H](C(=O)N[Si]3Cc4nc(cs4)-c4ccc5c(c4)c(c(-c4cc(N6CCN(C)CC6)cnc4[C@H](C)OC)n5CC)CC(C)(C)COC(=O)[C@@H]4CCCN(N4)C3=O)C(C)C)C2)C1. The summed E-state index contributed by atoms with van der Waals surface area (Å²) in [7, 11) is 2.96. The summed E-state index contributed by atoms with van der Waals surface area (Å²) in [4.78, 5) is 93.7. The van der Waals surface area contributed by atoms with E-state index < -0.39 is 43.9 Å². The molecule has 19 nitrogen and oxygen atoms in total. The summed E-state index contributed by atoms with van der Waals surface area (Å²) >= 11 is 1.44. The number of rotatable bonds is 10. The van der Waals surface area contributed by atoms with Crippen LogP contribution >= 0.6 is 11.3 Å². The van der Waals surface area contributed by atoms with E-state index in [1.54, 1.807) is 24.0 Å². The number of benzene rings is 1. The van der Waals surface area contributed by atoms with Gasteiger partial charge in [0, 0.05) is 105 Å². The molecule has 21 heteroatoms. The fraction of sp³-hybridized carbons (Fsp3) is 0.582. The van der Waals surface area contributed by atoms with E-state index in [1.165, 1.54) is 27.3 Å². The highest BCUT2D eigenvalue weighted by atomic mass is 32.1. The van der Waals surface area contributed by atoms with Gasteiger partial charge in [0.2, 0.25) is 17.3 Å². The van der Waals surface area contributed by atoms with Gasteiger partial charge in [0.05, 0.1) is 66.4 Å². The molecule has 0 aliphatic carbocycles. The van der Waals surface area contributed by atoms with Crippen molar-refractivity contribution in [1.82, 2.24) is 49.6 Å². The predicted octanol–water partition coefficient (Wildman–Crippen LogP) is 5.86. The Kier molecular flexibility index (Phi) is 16.4. The molecule has 409 valence electrons. The molecule has 1 aromatic carbocycles. The van der Waals surface area contributed by atoms with Gasteiger partial charge in [-0.3, -0.25) is 29.2 Å². The maximum absolute atomic E-state index is 14.9. The Bertz CT molecular complexity index is 2850. The quantitative estimate of drug-likeness (QED) is 0.109. The van der Waals surface area contributed by atoms with E-state index >= 15 is 0 Å². The minimum Gasteiger partial charge on any atom is -0.464 e. The molecule has 4 aromatic rings. The van der Waals surface area contributed by atoms with Crippen LogP contribution in [0, 0.1) is 11.3 Å². The first-order valence-electron chi connectivity index (χ1n) is 26.9. The molecule has 5 aliphatic heterocycles. The largest absolute Gasteiger partial charge is 0.464 e. The molecule has 8 heterocycles. The van der Waals surface area contributed by atoms with Crippen molar-refractivity contribution in [3.05, 3.63) is 64.8 Å². The van der Waals surface area contributed by atoms with Gasteiger partial charge in [-0.2, -0.15) is 0 Å². The van der Waals surface area contributed by atoms with E-state index in [-0.39, 0.29) is 48.7 Å². The minimum absolute atomic E-state index is 0.124. The fourth-order valence-corrected chi connectivity index (χ4v) is 14.7. The van der Waals surface area contributed by atoms with Gasteiger partial charge in [0.25, 0.3) is 8.96 Å². The molecule has 3 aromatic heterocycles. The van der Waals surface area contributed by atoms with Crippen LogP contribution in [0.1, 0.15) is 83.2 Å². The number of aromatic nitrogens is 3. The third kappa shape index (κ3) is 11.3. The van der Waals surface area contributed by atoms with E-state index in [0.717, 1.165) is 76.5 Å². The number of likely N-dealkylation sites (tertiary alicyclic amines) is 1. The number of ether oxygens (including phenoxy) is 3. The van der Waals surface area contributed by atoms with E-state index in [4.69, 9.17) is 24.2 Å². The molecule has 9 rings (SSSR count). The normalized spacial score (nSPS) is 22.7. The molecular formula is C55H76N11O8SSi. The summed E-state index contributed by atoms with van der Waals surface area (Å²) in [5.41, 5.74) is 9.42. The molecule has 4 saturated heterocycles. The molecule has 5 aliphatic rings. The second kappa shape index (κ2) is 22.7. The molecule has 1 spiro atoms. The predicted molar refractivity (Wildman–Crippen MR) is 295 cm³/mol. The number of hydrogen-bond acceptors (Lipinski definition) is 14. The van der Waals surface area contributed by atoms with Gasteiger partial charge in [-0.05, 0) is 82.3 Å². The van der Waals surface area contributed by atoms with Crippen LogP contribution in [0.4, 0.5) is 15.3 Å². The number of urea groups is 1. The topological polar surface area (TPSA) is 187 Å². The van der Waals surface area contributed by atoms with Crippen molar-refractivity contribution in [2.45, 2.75) is 104 Å². The third-order valence-corrected chi connectivity index (χ3v) is 19.0. The lowest BCUT2D eigenvalue weighted by atomic mass is 9.84. The average molecular weight is 1080 g/mol.